The van der Waals surface area contributed by atoms with Gasteiger partial charge < -0.3 is 4.90 Å². The molecule has 3 aromatic carbocycles. The highest BCUT2D eigenvalue weighted by Crippen LogP contribution is 2.30. The molecule has 0 atom stereocenters. The second-order valence-electron chi connectivity index (χ2n) is 9.38. The summed E-state index contributed by atoms with van der Waals surface area (Å²) >= 11 is 0. The highest BCUT2D eigenvalue weighted by Gasteiger charge is 2.28. The topological polar surface area (TPSA) is 23.6 Å². The Morgan fingerprint density at radius 1 is 0.719 bits per heavy atom. The Morgan fingerprint density at radius 3 is 1.62 bits per heavy atom. The van der Waals surface area contributed by atoms with Gasteiger partial charge in [-0.15, -0.1) is 12.4 Å². The van der Waals surface area contributed by atoms with Crippen LogP contribution in [0, 0.1) is 0 Å². The zero-order chi connectivity index (χ0) is 21.8. The first-order valence-corrected chi connectivity index (χ1v) is 11.2. The molecule has 0 N–H and O–H groups in total. The van der Waals surface area contributed by atoms with Crippen molar-refractivity contribution < 1.29 is 4.79 Å². The van der Waals surface area contributed by atoms with Crippen LogP contribution in [-0.2, 0) is 5.41 Å². The SMILES string of the molecule is CC(C)(C)c1ccc(C(=O)N2CCN(C(c3ccccc3)c3ccccc3)CC2)cc1.Cl. The third-order valence-corrected chi connectivity index (χ3v) is 6.20. The fourth-order valence-electron chi connectivity index (χ4n) is 4.36. The van der Waals surface area contributed by atoms with Gasteiger partial charge in [-0.25, -0.2) is 0 Å². The van der Waals surface area contributed by atoms with Gasteiger partial charge in [0.05, 0.1) is 6.04 Å². The second kappa shape index (κ2) is 10.3. The largest absolute Gasteiger partial charge is 0.336 e. The summed E-state index contributed by atoms with van der Waals surface area (Å²) in [6.07, 6.45) is 0. The molecular formula is C28H33ClN2O. The smallest absolute Gasteiger partial charge is 0.253 e. The first kappa shape index (κ1) is 24.0. The summed E-state index contributed by atoms with van der Waals surface area (Å²) in [7, 11) is 0. The van der Waals surface area contributed by atoms with Crippen molar-refractivity contribution in [3.63, 3.8) is 0 Å². The van der Waals surface area contributed by atoms with Gasteiger partial charge in [-0.2, -0.15) is 0 Å². The Hall–Kier alpha value is -2.62. The lowest BCUT2D eigenvalue weighted by Gasteiger charge is -2.40. The summed E-state index contributed by atoms with van der Waals surface area (Å²) in [6.45, 7) is 9.80. The molecule has 0 aliphatic carbocycles. The van der Waals surface area contributed by atoms with Crippen molar-refractivity contribution in [3.05, 3.63) is 107 Å². The number of halogens is 1. The minimum absolute atomic E-state index is 0. The van der Waals surface area contributed by atoms with Crippen LogP contribution in [-0.4, -0.2) is 41.9 Å². The number of nitrogens with zero attached hydrogens (tertiary/aromatic N) is 2. The van der Waals surface area contributed by atoms with E-state index in [4.69, 9.17) is 0 Å². The summed E-state index contributed by atoms with van der Waals surface area (Å²) in [5.41, 5.74) is 4.72. The van der Waals surface area contributed by atoms with Crippen LogP contribution < -0.4 is 0 Å². The fourth-order valence-corrected chi connectivity index (χ4v) is 4.36. The van der Waals surface area contributed by atoms with Gasteiger partial charge in [0.1, 0.15) is 0 Å². The minimum atomic E-state index is 0. The van der Waals surface area contributed by atoms with Gasteiger partial charge in [0.15, 0.2) is 0 Å². The molecule has 0 spiro atoms. The zero-order valence-corrected chi connectivity index (χ0v) is 20.0. The molecular weight excluding hydrogens is 416 g/mol. The van der Waals surface area contributed by atoms with Gasteiger partial charge in [0.2, 0.25) is 0 Å². The predicted molar refractivity (Wildman–Crippen MR) is 135 cm³/mol. The summed E-state index contributed by atoms with van der Waals surface area (Å²) in [6, 6.07) is 29.7. The lowest BCUT2D eigenvalue weighted by molar-refractivity contribution is 0.0597. The van der Waals surface area contributed by atoms with E-state index in [2.05, 4.69) is 98.5 Å². The average Bonchev–Trinajstić information content (AvgIpc) is 2.80. The molecule has 3 nitrogen and oxygen atoms in total. The van der Waals surface area contributed by atoms with Crippen LogP contribution in [0.3, 0.4) is 0 Å². The van der Waals surface area contributed by atoms with E-state index in [1.165, 1.54) is 16.7 Å². The monoisotopic (exact) mass is 448 g/mol. The third kappa shape index (κ3) is 5.40. The van der Waals surface area contributed by atoms with E-state index >= 15 is 0 Å². The number of carbonyl (C=O) groups is 1. The van der Waals surface area contributed by atoms with Gasteiger partial charge in [0.25, 0.3) is 5.91 Å². The molecule has 1 aliphatic heterocycles. The van der Waals surface area contributed by atoms with Gasteiger partial charge in [-0.05, 0) is 34.2 Å². The number of rotatable bonds is 4. The van der Waals surface area contributed by atoms with Gasteiger partial charge in [-0.1, -0.05) is 93.6 Å². The normalized spacial score (nSPS) is 14.8. The standard InChI is InChI=1S/C28H32N2O.ClH/c1-28(2,3)25-16-14-24(15-17-25)27(31)30-20-18-29(19-21-30)26(22-10-6-4-7-11-22)23-12-8-5-9-13-23;/h4-17,26H,18-21H2,1-3H3;1H. The quantitative estimate of drug-likeness (QED) is 0.492. The van der Waals surface area contributed by atoms with E-state index in [1.807, 2.05) is 17.0 Å². The van der Waals surface area contributed by atoms with E-state index < -0.39 is 0 Å². The summed E-state index contributed by atoms with van der Waals surface area (Å²) in [4.78, 5) is 17.6. The molecule has 168 valence electrons. The Morgan fingerprint density at radius 2 is 1.19 bits per heavy atom. The highest BCUT2D eigenvalue weighted by molar-refractivity contribution is 5.94. The van der Waals surface area contributed by atoms with Gasteiger partial charge in [0, 0.05) is 31.7 Å². The van der Waals surface area contributed by atoms with Gasteiger partial charge in [-0.3, -0.25) is 9.69 Å². The van der Waals surface area contributed by atoms with Crippen LogP contribution in [0.15, 0.2) is 84.9 Å². The number of piperazine rings is 1. The van der Waals surface area contributed by atoms with Crippen LogP contribution in [0.25, 0.3) is 0 Å². The Bertz CT molecular complexity index is 950. The molecule has 0 unspecified atom stereocenters. The minimum Gasteiger partial charge on any atom is -0.336 e. The maximum Gasteiger partial charge on any atom is 0.253 e. The van der Waals surface area contributed by atoms with E-state index in [9.17, 15) is 4.79 Å². The molecule has 0 saturated carbocycles. The molecule has 1 saturated heterocycles. The van der Waals surface area contributed by atoms with Crippen LogP contribution in [0.5, 0.6) is 0 Å². The number of hydrogen-bond donors (Lipinski definition) is 0. The molecule has 0 bridgehead atoms. The van der Waals surface area contributed by atoms with Gasteiger partial charge >= 0.3 is 0 Å². The second-order valence-corrected chi connectivity index (χ2v) is 9.38. The molecule has 32 heavy (non-hydrogen) atoms. The molecule has 3 aromatic rings. The van der Waals surface area contributed by atoms with Crippen LogP contribution in [0.1, 0.15) is 53.9 Å². The summed E-state index contributed by atoms with van der Waals surface area (Å²) < 4.78 is 0. The van der Waals surface area contributed by atoms with E-state index in [1.54, 1.807) is 0 Å². The molecule has 1 amide bonds. The molecule has 1 aliphatic rings. The van der Waals surface area contributed by atoms with Crippen molar-refractivity contribution in [2.24, 2.45) is 0 Å². The Balaban J connectivity index is 0.00000289. The van der Waals surface area contributed by atoms with E-state index in [-0.39, 0.29) is 29.8 Å². The van der Waals surface area contributed by atoms with E-state index in [0.29, 0.717) is 0 Å². The summed E-state index contributed by atoms with van der Waals surface area (Å²) in [5.74, 6) is 0.135. The Kier molecular flexibility index (Phi) is 7.76. The van der Waals surface area contributed by atoms with Crippen molar-refractivity contribution >= 4 is 18.3 Å². The van der Waals surface area contributed by atoms with Crippen molar-refractivity contribution in [3.8, 4) is 0 Å². The lowest BCUT2D eigenvalue weighted by Crippen LogP contribution is -2.49. The molecule has 4 heteroatoms. The molecule has 0 aromatic heterocycles. The first-order valence-electron chi connectivity index (χ1n) is 11.2. The fraction of sp³-hybridized carbons (Fsp3) is 0.321. The highest BCUT2D eigenvalue weighted by atomic mass is 35.5. The molecule has 1 fully saturated rings. The maximum atomic E-state index is 13.1. The third-order valence-electron chi connectivity index (χ3n) is 6.20. The zero-order valence-electron chi connectivity index (χ0n) is 19.2. The summed E-state index contributed by atoms with van der Waals surface area (Å²) in [5, 5.41) is 0. The number of benzene rings is 3. The van der Waals surface area contributed by atoms with Crippen molar-refractivity contribution in [2.75, 3.05) is 26.2 Å². The van der Waals surface area contributed by atoms with Crippen LogP contribution >= 0.6 is 12.4 Å². The van der Waals surface area contributed by atoms with Crippen molar-refractivity contribution in [1.82, 2.24) is 9.80 Å². The van der Waals surface area contributed by atoms with Crippen LogP contribution in [0.4, 0.5) is 0 Å². The average molecular weight is 449 g/mol. The number of hydrogen-bond acceptors (Lipinski definition) is 2. The Labute approximate surface area is 198 Å². The van der Waals surface area contributed by atoms with Crippen LogP contribution in [0.2, 0.25) is 0 Å². The molecule has 1 heterocycles. The molecule has 4 rings (SSSR count). The number of amides is 1. The lowest BCUT2D eigenvalue weighted by atomic mass is 9.86. The van der Waals surface area contributed by atoms with Crippen molar-refractivity contribution in [1.29, 1.82) is 0 Å². The first-order chi connectivity index (χ1) is 14.9. The maximum absolute atomic E-state index is 13.1. The van der Waals surface area contributed by atoms with E-state index in [0.717, 1.165) is 31.7 Å². The predicted octanol–water partition coefficient (Wildman–Crippen LogP) is 5.95. The van der Waals surface area contributed by atoms with Crippen molar-refractivity contribution in [2.45, 2.75) is 32.2 Å². The molecule has 0 radical (unpaired) electrons. The number of carbonyl (C=O) groups excluding carboxylic acids is 1.